The summed E-state index contributed by atoms with van der Waals surface area (Å²) in [5, 5.41) is 5.37. The Kier molecular flexibility index (Phi) is 8.10. The number of nitrogens with zero attached hydrogens (tertiary/aromatic N) is 2. The highest BCUT2D eigenvalue weighted by Gasteiger charge is 2.34. The molecule has 1 unspecified atom stereocenters. The first-order valence-corrected chi connectivity index (χ1v) is 14.3. The summed E-state index contributed by atoms with van der Waals surface area (Å²) in [5.74, 6) is -0.435. The molecule has 0 saturated carbocycles. The van der Waals surface area contributed by atoms with Crippen molar-refractivity contribution in [3.63, 3.8) is 0 Å². The number of ether oxygens (including phenoxy) is 1. The summed E-state index contributed by atoms with van der Waals surface area (Å²) in [6, 6.07) is 21.9. The number of carbonyl (C=O) groups excluding carboxylic acids is 3. The van der Waals surface area contributed by atoms with Crippen LogP contribution < -0.4 is 5.32 Å². The Morgan fingerprint density at radius 3 is 2.27 bits per heavy atom. The molecule has 1 saturated heterocycles. The van der Waals surface area contributed by atoms with Crippen molar-refractivity contribution in [1.82, 2.24) is 15.1 Å². The van der Waals surface area contributed by atoms with Gasteiger partial charge in [-0.05, 0) is 67.5 Å². The second-order valence-corrected chi connectivity index (χ2v) is 12.0. The molecule has 1 fully saturated rings. The molecule has 210 valence electrons. The molecule has 3 aromatic rings. The number of rotatable bonds is 5. The van der Waals surface area contributed by atoms with Gasteiger partial charge in [0.15, 0.2) is 0 Å². The second-order valence-electron chi connectivity index (χ2n) is 12.0. The molecular formula is C33H39N3O4. The van der Waals surface area contributed by atoms with Crippen LogP contribution in [0.4, 0.5) is 4.79 Å². The van der Waals surface area contributed by atoms with Gasteiger partial charge in [-0.1, -0.05) is 66.7 Å². The molecule has 3 amide bonds. The number of hydrogen-bond donors (Lipinski definition) is 1. The Morgan fingerprint density at radius 1 is 0.875 bits per heavy atom. The summed E-state index contributed by atoms with van der Waals surface area (Å²) in [6.07, 6.45) is 1.96. The zero-order valence-corrected chi connectivity index (χ0v) is 23.7. The molecule has 1 atom stereocenters. The van der Waals surface area contributed by atoms with Gasteiger partial charge in [0.05, 0.1) is 0 Å². The van der Waals surface area contributed by atoms with Crippen molar-refractivity contribution in [2.24, 2.45) is 5.92 Å². The summed E-state index contributed by atoms with van der Waals surface area (Å²) in [6.45, 7) is 7.64. The van der Waals surface area contributed by atoms with E-state index in [-0.39, 0.29) is 23.8 Å². The molecule has 0 radical (unpaired) electrons. The lowest BCUT2D eigenvalue weighted by molar-refractivity contribution is -0.138. The topological polar surface area (TPSA) is 79.0 Å². The Balaban J connectivity index is 1.29. The van der Waals surface area contributed by atoms with Gasteiger partial charge < -0.3 is 19.9 Å². The molecule has 2 aliphatic rings. The molecule has 2 heterocycles. The van der Waals surface area contributed by atoms with E-state index in [1.54, 1.807) is 4.90 Å². The molecule has 0 spiro atoms. The highest BCUT2D eigenvalue weighted by atomic mass is 16.6. The maximum Gasteiger partial charge on any atom is 0.410 e. The normalized spacial score (nSPS) is 16.8. The minimum Gasteiger partial charge on any atom is -0.444 e. The number of nitrogens with one attached hydrogen (secondary N) is 1. The fourth-order valence-corrected chi connectivity index (χ4v) is 5.65. The van der Waals surface area contributed by atoms with Crippen LogP contribution in [0.2, 0.25) is 0 Å². The Labute approximate surface area is 236 Å². The van der Waals surface area contributed by atoms with Crippen molar-refractivity contribution >= 4 is 28.7 Å². The lowest BCUT2D eigenvalue weighted by Gasteiger charge is -2.35. The molecule has 7 heteroatoms. The number of carbonyl (C=O) groups is 3. The average Bonchev–Trinajstić information content (AvgIpc) is 2.95. The molecule has 5 rings (SSSR count). The van der Waals surface area contributed by atoms with Crippen LogP contribution >= 0.6 is 0 Å². The van der Waals surface area contributed by atoms with Crippen LogP contribution in [0.3, 0.4) is 0 Å². The van der Waals surface area contributed by atoms with E-state index in [1.165, 1.54) is 5.56 Å². The van der Waals surface area contributed by atoms with Gasteiger partial charge >= 0.3 is 6.09 Å². The van der Waals surface area contributed by atoms with Gasteiger partial charge in [-0.15, -0.1) is 0 Å². The number of fused-ring (bicyclic) bond motifs is 2. The molecule has 1 N–H and O–H groups in total. The van der Waals surface area contributed by atoms with E-state index in [0.29, 0.717) is 45.4 Å². The Bertz CT molecular complexity index is 1390. The number of hydrogen-bond acceptors (Lipinski definition) is 4. The first-order valence-electron chi connectivity index (χ1n) is 14.3. The van der Waals surface area contributed by atoms with E-state index in [2.05, 4.69) is 41.7 Å². The van der Waals surface area contributed by atoms with E-state index in [1.807, 2.05) is 56.0 Å². The van der Waals surface area contributed by atoms with Crippen LogP contribution in [0.5, 0.6) is 0 Å². The summed E-state index contributed by atoms with van der Waals surface area (Å²) in [5.41, 5.74) is 2.89. The minimum atomic E-state index is -0.664. The summed E-state index contributed by atoms with van der Waals surface area (Å²) >= 11 is 0. The number of amides is 3. The molecule has 2 aliphatic heterocycles. The van der Waals surface area contributed by atoms with E-state index >= 15 is 0 Å². The third-order valence-corrected chi connectivity index (χ3v) is 7.83. The lowest BCUT2D eigenvalue weighted by Crippen LogP contribution is -2.53. The summed E-state index contributed by atoms with van der Waals surface area (Å²) < 4.78 is 5.49. The molecule has 7 nitrogen and oxygen atoms in total. The third kappa shape index (κ3) is 6.64. The summed E-state index contributed by atoms with van der Waals surface area (Å²) in [4.78, 5) is 43.4. The van der Waals surface area contributed by atoms with Crippen molar-refractivity contribution in [3.8, 4) is 0 Å². The molecule has 3 aromatic carbocycles. The van der Waals surface area contributed by atoms with E-state index in [9.17, 15) is 14.4 Å². The minimum absolute atomic E-state index is 0.0535. The Morgan fingerprint density at radius 2 is 1.55 bits per heavy atom. The van der Waals surface area contributed by atoms with E-state index < -0.39 is 11.6 Å². The Hall–Kier alpha value is -3.87. The number of likely N-dealkylation sites (tertiary alicyclic amines) is 1. The molecule has 0 bridgehead atoms. The smallest absolute Gasteiger partial charge is 0.410 e. The quantitative estimate of drug-likeness (QED) is 0.488. The second kappa shape index (κ2) is 11.7. The summed E-state index contributed by atoms with van der Waals surface area (Å²) in [7, 11) is 0. The maximum absolute atomic E-state index is 13.9. The first-order chi connectivity index (χ1) is 19.2. The van der Waals surface area contributed by atoms with Crippen LogP contribution in [0.25, 0.3) is 10.8 Å². The van der Waals surface area contributed by atoms with Crippen molar-refractivity contribution < 1.29 is 19.1 Å². The van der Waals surface area contributed by atoms with E-state index in [4.69, 9.17) is 4.74 Å². The van der Waals surface area contributed by atoms with Gasteiger partial charge in [-0.2, -0.15) is 0 Å². The average molecular weight is 542 g/mol. The highest BCUT2D eigenvalue weighted by Crippen LogP contribution is 2.23. The zero-order chi connectivity index (χ0) is 28.3. The standard InChI is InChI=1S/C33H39N3O4/c1-33(2,3)40-32(39)35-17-15-26(16-18-35)30(37)34-29(21-23-12-13-24-8-4-6-10-27(24)20-23)31(38)36-19-14-25-9-5-7-11-28(25)22-36/h4-13,20,26,29H,14-19,21-22H2,1-3H3,(H,34,37). The molecular weight excluding hydrogens is 502 g/mol. The maximum atomic E-state index is 13.9. The van der Waals surface area contributed by atoms with Gasteiger partial charge in [-0.3, -0.25) is 9.59 Å². The van der Waals surface area contributed by atoms with Crippen molar-refractivity contribution in [2.75, 3.05) is 19.6 Å². The lowest BCUT2D eigenvalue weighted by atomic mass is 9.94. The fourth-order valence-electron chi connectivity index (χ4n) is 5.65. The van der Waals surface area contributed by atoms with E-state index in [0.717, 1.165) is 28.3 Å². The molecule has 40 heavy (non-hydrogen) atoms. The molecule has 0 aliphatic carbocycles. The largest absolute Gasteiger partial charge is 0.444 e. The first kappa shape index (κ1) is 27.7. The monoisotopic (exact) mass is 541 g/mol. The van der Waals surface area contributed by atoms with Crippen molar-refractivity contribution in [1.29, 1.82) is 0 Å². The van der Waals surface area contributed by atoms with Gasteiger partial charge in [0.2, 0.25) is 11.8 Å². The van der Waals surface area contributed by atoms with Crippen molar-refractivity contribution in [2.45, 2.75) is 64.6 Å². The van der Waals surface area contributed by atoms with Crippen LogP contribution in [0.15, 0.2) is 66.7 Å². The van der Waals surface area contributed by atoms with Gasteiger partial charge in [0.1, 0.15) is 11.6 Å². The van der Waals surface area contributed by atoms with Gasteiger partial charge in [0.25, 0.3) is 0 Å². The van der Waals surface area contributed by atoms with Crippen LogP contribution in [-0.2, 0) is 33.7 Å². The highest BCUT2D eigenvalue weighted by molar-refractivity contribution is 5.89. The van der Waals surface area contributed by atoms with Gasteiger partial charge in [-0.25, -0.2) is 4.79 Å². The van der Waals surface area contributed by atoms with Crippen LogP contribution in [0.1, 0.15) is 50.3 Å². The van der Waals surface area contributed by atoms with Crippen molar-refractivity contribution in [3.05, 3.63) is 83.4 Å². The predicted molar refractivity (Wildman–Crippen MR) is 156 cm³/mol. The SMILES string of the molecule is CC(C)(C)OC(=O)N1CCC(C(=O)NC(Cc2ccc3ccccc3c2)C(=O)N2CCc3ccccc3C2)CC1. The molecule has 0 aromatic heterocycles. The predicted octanol–water partition coefficient (Wildman–Crippen LogP) is 5.10. The number of piperidine rings is 1. The third-order valence-electron chi connectivity index (χ3n) is 7.83. The van der Waals surface area contributed by atoms with Gasteiger partial charge in [0, 0.05) is 38.5 Å². The zero-order valence-electron chi connectivity index (χ0n) is 23.7. The fraction of sp³-hybridized carbons (Fsp3) is 0.424. The van der Waals surface area contributed by atoms with Crippen LogP contribution in [-0.4, -0.2) is 59.0 Å². The number of benzene rings is 3. The van der Waals surface area contributed by atoms with Crippen LogP contribution in [0, 0.1) is 5.92 Å².